The van der Waals surface area contributed by atoms with Crippen LogP contribution >= 0.6 is 0 Å². The van der Waals surface area contributed by atoms with Crippen molar-refractivity contribution in [2.45, 2.75) is 77.7 Å². The van der Waals surface area contributed by atoms with Gasteiger partial charge in [-0.15, -0.1) is 0 Å². The zero-order chi connectivity index (χ0) is 32.2. The van der Waals surface area contributed by atoms with Crippen LogP contribution in [0, 0.1) is 0 Å². The molecule has 2 aliphatic rings. The molecule has 1 aliphatic heterocycles. The van der Waals surface area contributed by atoms with E-state index in [1.165, 1.54) is 22.9 Å². The summed E-state index contributed by atoms with van der Waals surface area (Å²) in [7, 11) is 0. The number of hydrogen-bond donors (Lipinski definition) is 1. The molecule has 2 aromatic heterocycles. The maximum absolute atomic E-state index is 12.3. The van der Waals surface area contributed by atoms with Gasteiger partial charge < -0.3 is 19.5 Å². The first-order valence-electron chi connectivity index (χ1n) is 16.5. The van der Waals surface area contributed by atoms with E-state index in [-0.39, 0.29) is 17.8 Å². The number of carbonyl (C=O) groups excluding carboxylic acids is 1. The van der Waals surface area contributed by atoms with Gasteiger partial charge in [-0.2, -0.15) is 5.10 Å². The lowest BCUT2D eigenvalue weighted by Crippen LogP contribution is -2.38. The van der Waals surface area contributed by atoms with Gasteiger partial charge in [-0.1, -0.05) is 51.1 Å². The van der Waals surface area contributed by atoms with E-state index in [0.29, 0.717) is 43.5 Å². The van der Waals surface area contributed by atoms with Crippen LogP contribution in [0.1, 0.15) is 96.8 Å². The van der Waals surface area contributed by atoms with Crippen LogP contribution in [-0.2, 0) is 24.0 Å². The Morgan fingerprint density at radius 2 is 1.78 bits per heavy atom. The van der Waals surface area contributed by atoms with E-state index in [1.807, 2.05) is 36.9 Å². The monoisotopic (exact) mass is 622 g/mol. The van der Waals surface area contributed by atoms with Crippen molar-refractivity contribution in [2.24, 2.45) is 0 Å². The lowest BCUT2D eigenvalue weighted by Gasteiger charge is -2.32. The minimum atomic E-state index is -0.992. The van der Waals surface area contributed by atoms with E-state index in [1.54, 1.807) is 4.68 Å². The molecule has 240 valence electrons. The van der Waals surface area contributed by atoms with Crippen LogP contribution in [0.4, 0.5) is 4.79 Å². The summed E-state index contributed by atoms with van der Waals surface area (Å²) >= 11 is 0. The molecule has 1 N–H and O–H groups in total. The summed E-state index contributed by atoms with van der Waals surface area (Å²) in [5, 5.41) is 14.0. The predicted octanol–water partition coefficient (Wildman–Crippen LogP) is 7.55. The van der Waals surface area contributed by atoms with Crippen molar-refractivity contribution in [1.82, 2.24) is 19.7 Å². The number of piperidine rings is 1. The SMILES string of the molecule is CCCOC(=O)N1CCC(c2ccc(OC3CCc4cccc(-c5cccc(-n6ncc(C(=O)O)c6CC)n5)c43)cc2CC)CC1. The number of hydrogen-bond acceptors (Lipinski definition) is 6. The van der Waals surface area contributed by atoms with Gasteiger partial charge in [0.2, 0.25) is 0 Å². The largest absolute Gasteiger partial charge is 0.486 e. The number of aryl methyl sites for hydroxylation is 2. The number of aromatic carboxylic acids is 1. The molecule has 1 unspecified atom stereocenters. The van der Waals surface area contributed by atoms with Gasteiger partial charge in [-0.05, 0) is 91.8 Å². The average molecular weight is 623 g/mol. The van der Waals surface area contributed by atoms with Crippen molar-refractivity contribution in [1.29, 1.82) is 0 Å². The van der Waals surface area contributed by atoms with Crippen molar-refractivity contribution >= 4 is 12.1 Å². The second-order valence-corrected chi connectivity index (χ2v) is 12.1. The smallest absolute Gasteiger partial charge is 0.409 e. The van der Waals surface area contributed by atoms with Crippen LogP contribution < -0.4 is 4.74 Å². The van der Waals surface area contributed by atoms with Gasteiger partial charge in [0.1, 0.15) is 17.4 Å². The van der Waals surface area contributed by atoms with Crippen LogP contribution in [-0.4, -0.2) is 56.5 Å². The van der Waals surface area contributed by atoms with E-state index in [0.717, 1.165) is 61.1 Å². The fraction of sp³-hybridized carbons (Fsp3) is 0.405. The van der Waals surface area contributed by atoms with Crippen molar-refractivity contribution < 1.29 is 24.2 Å². The molecule has 1 amide bonds. The predicted molar refractivity (Wildman–Crippen MR) is 176 cm³/mol. The number of amides is 1. The zero-order valence-electron chi connectivity index (χ0n) is 26.9. The molecule has 46 heavy (non-hydrogen) atoms. The van der Waals surface area contributed by atoms with Gasteiger partial charge in [0.15, 0.2) is 5.82 Å². The molecule has 0 spiro atoms. The Morgan fingerprint density at radius 3 is 2.52 bits per heavy atom. The molecule has 2 aromatic carbocycles. The number of carboxylic acid groups (broad SMARTS) is 1. The van der Waals surface area contributed by atoms with Gasteiger partial charge in [0, 0.05) is 24.2 Å². The molecule has 1 aliphatic carbocycles. The highest BCUT2D eigenvalue weighted by Crippen LogP contribution is 2.42. The molecule has 1 saturated heterocycles. The lowest BCUT2D eigenvalue weighted by atomic mass is 9.86. The maximum atomic E-state index is 12.3. The number of carboxylic acids is 1. The number of nitrogens with zero attached hydrogens (tertiary/aromatic N) is 4. The number of benzene rings is 2. The van der Waals surface area contributed by atoms with Gasteiger partial charge in [-0.3, -0.25) is 0 Å². The molecule has 1 atom stereocenters. The van der Waals surface area contributed by atoms with Gasteiger partial charge in [0.05, 0.1) is 24.2 Å². The molecule has 0 radical (unpaired) electrons. The Kier molecular flexibility index (Phi) is 9.38. The third-order valence-corrected chi connectivity index (χ3v) is 9.25. The van der Waals surface area contributed by atoms with Gasteiger partial charge in [0.25, 0.3) is 0 Å². The Morgan fingerprint density at radius 1 is 0.978 bits per heavy atom. The molecule has 0 bridgehead atoms. The van der Waals surface area contributed by atoms with Crippen molar-refractivity contribution in [3.63, 3.8) is 0 Å². The highest BCUT2D eigenvalue weighted by Gasteiger charge is 2.30. The standard InChI is InChI=1S/C37H42N4O5/c1-4-21-45-37(44)40-19-17-25(18-20-40)28-15-14-27(22-24(28)5-2)46-33-16-13-26-9-7-10-29(35(26)33)31-11-8-12-34(39-31)41-32(6-3)30(23-38-41)36(42)43/h7-12,14-15,22-23,25,33H,4-6,13,16-21H2,1-3H3,(H,42,43). The molecule has 0 saturated carbocycles. The Balaban J connectivity index is 1.22. The Bertz CT molecular complexity index is 1720. The molecular formula is C37H42N4O5. The molecule has 9 heteroatoms. The summed E-state index contributed by atoms with van der Waals surface area (Å²) in [6, 6.07) is 18.6. The minimum Gasteiger partial charge on any atom is -0.486 e. The summed E-state index contributed by atoms with van der Waals surface area (Å²) in [6.07, 6.45) is 7.00. The Hall–Kier alpha value is -4.66. The van der Waals surface area contributed by atoms with Gasteiger partial charge in [-0.25, -0.2) is 19.3 Å². The van der Waals surface area contributed by atoms with Crippen molar-refractivity contribution in [3.05, 3.63) is 94.3 Å². The summed E-state index contributed by atoms with van der Waals surface area (Å²) in [6.45, 7) is 8.01. The maximum Gasteiger partial charge on any atom is 0.409 e. The average Bonchev–Trinajstić information content (AvgIpc) is 3.72. The Labute approximate surface area is 270 Å². The fourth-order valence-corrected chi connectivity index (χ4v) is 6.94. The number of pyridine rings is 1. The third-order valence-electron chi connectivity index (χ3n) is 9.25. The molecule has 1 fully saturated rings. The van der Waals surface area contributed by atoms with Crippen LogP contribution in [0.15, 0.2) is 60.8 Å². The van der Waals surface area contributed by atoms with Gasteiger partial charge >= 0.3 is 12.1 Å². The van der Waals surface area contributed by atoms with Crippen LogP contribution in [0.5, 0.6) is 5.75 Å². The number of carbonyl (C=O) groups is 2. The quantitative estimate of drug-likeness (QED) is 0.195. The van der Waals surface area contributed by atoms with E-state index in [9.17, 15) is 14.7 Å². The molecule has 4 aromatic rings. The van der Waals surface area contributed by atoms with E-state index >= 15 is 0 Å². The fourth-order valence-electron chi connectivity index (χ4n) is 6.94. The third kappa shape index (κ3) is 6.23. The number of rotatable bonds is 10. The lowest BCUT2D eigenvalue weighted by molar-refractivity contribution is 0.0695. The number of ether oxygens (including phenoxy) is 2. The topological polar surface area (TPSA) is 107 Å². The first kappa shape index (κ1) is 31.3. The number of likely N-dealkylation sites (tertiary alicyclic amines) is 1. The summed E-state index contributed by atoms with van der Waals surface area (Å²) in [5.74, 6) is 0.864. The minimum absolute atomic E-state index is 0.112. The first-order chi connectivity index (χ1) is 22.4. The highest BCUT2D eigenvalue weighted by molar-refractivity contribution is 5.88. The summed E-state index contributed by atoms with van der Waals surface area (Å²) in [5.41, 5.74) is 7.67. The number of aromatic nitrogens is 3. The number of fused-ring (bicyclic) bond motifs is 1. The normalized spacial score (nSPS) is 16.3. The van der Waals surface area contributed by atoms with Crippen LogP contribution in [0.2, 0.25) is 0 Å². The second-order valence-electron chi connectivity index (χ2n) is 12.1. The molecule has 6 rings (SSSR count). The van der Waals surface area contributed by atoms with E-state index in [2.05, 4.69) is 48.4 Å². The second kappa shape index (κ2) is 13.8. The molecular weight excluding hydrogens is 580 g/mol. The first-order valence-corrected chi connectivity index (χ1v) is 16.5. The van der Waals surface area contributed by atoms with Crippen LogP contribution in [0.3, 0.4) is 0 Å². The summed E-state index contributed by atoms with van der Waals surface area (Å²) in [4.78, 5) is 30.8. The molecule has 3 heterocycles. The molecule has 9 nitrogen and oxygen atoms in total. The zero-order valence-corrected chi connectivity index (χ0v) is 26.9. The van der Waals surface area contributed by atoms with Crippen molar-refractivity contribution in [3.8, 4) is 22.8 Å². The summed E-state index contributed by atoms with van der Waals surface area (Å²) < 4.78 is 13.7. The van der Waals surface area contributed by atoms with E-state index in [4.69, 9.17) is 14.5 Å². The highest BCUT2D eigenvalue weighted by atomic mass is 16.6. The van der Waals surface area contributed by atoms with Crippen LogP contribution in [0.25, 0.3) is 17.1 Å². The van der Waals surface area contributed by atoms with Crippen molar-refractivity contribution in [2.75, 3.05) is 19.7 Å². The van der Waals surface area contributed by atoms with E-state index < -0.39 is 5.97 Å².